The molecule has 2 aliphatic rings. The van der Waals surface area contributed by atoms with E-state index in [2.05, 4.69) is 183 Å². The Balaban J connectivity index is 1.22. The molecule has 2 saturated carbocycles. The van der Waals surface area contributed by atoms with Crippen LogP contribution in [-0.4, -0.2) is 0 Å². The number of benzene rings is 8. The summed E-state index contributed by atoms with van der Waals surface area (Å²) in [5.74, 6) is 2.03. The van der Waals surface area contributed by atoms with E-state index in [1.165, 1.54) is 153 Å². The molecule has 0 spiro atoms. The van der Waals surface area contributed by atoms with E-state index in [0.29, 0.717) is 23.7 Å². The Bertz CT molecular complexity index is 2510. The van der Waals surface area contributed by atoms with Crippen LogP contribution in [0.5, 0.6) is 0 Å². The largest absolute Gasteiger partial charge is 0.310 e. The minimum Gasteiger partial charge on any atom is -0.310 e. The van der Waals surface area contributed by atoms with Crippen molar-refractivity contribution < 1.29 is 0 Å². The average Bonchev–Trinajstić information content (AvgIpc) is 3.30. The number of para-hydroxylation sites is 2. The van der Waals surface area contributed by atoms with Gasteiger partial charge in [0.05, 0.1) is 11.4 Å². The average molecular weight is 785 g/mol. The fraction of sp³-hybridized carbons (Fsp3) is 0.310. The molecular weight excluding hydrogens is 725 g/mol. The molecule has 0 heterocycles. The molecule has 10 rings (SSSR count). The van der Waals surface area contributed by atoms with Crippen molar-refractivity contribution in [2.24, 2.45) is 0 Å². The topological polar surface area (TPSA) is 6.48 Å². The van der Waals surface area contributed by atoms with Gasteiger partial charge in [-0.15, -0.1) is 0 Å². The van der Waals surface area contributed by atoms with Crippen molar-refractivity contribution in [1.82, 2.24) is 0 Å². The van der Waals surface area contributed by atoms with Crippen LogP contribution in [0, 0.1) is 0 Å². The molecule has 0 amide bonds. The number of nitrogens with zero attached hydrogens (tertiary/aromatic N) is 2. The zero-order chi connectivity index (χ0) is 40.7. The van der Waals surface area contributed by atoms with Crippen LogP contribution in [0.2, 0.25) is 0 Å². The summed E-state index contributed by atoms with van der Waals surface area (Å²) in [5, 5.41) is 8.05. The summed E-state index contributed by atoms with van der Waals surface area (Å²) >= 11 is 0. The molecule has 0 N–H and O–H groups in total. The SMILES string of the molecule is CC(C)c1cc(N(c2ccccc2)c2ccc(C3CCCCC3)cc2)c2ccc3c(C(C)C)cc(N(c4ccccc4)c4ccc(C5CCCCC5)cc4)c4ccc1c2c34. The number of anilines is 6. The molecule has 2 heteroatoms. The zero-order valence-corrected chi connectivity index (χ0v) is 36.1. The van der Waals surface area contributed by atoms with Crippen molar-refractivity contribution in [3.63, 3.8) is 0 Å². The smallest absolute Gasteiger partial charge is 0.0543 e. The van der Waals surface area contributed by atoms with Gasteiger partial charge in [-0.3, -0.25) is 0 Å². The Kier molecular flexibility index (Phi) is 10.6. The van der Waals surface area contributed by atoms with Crippen molar-refractivity contribution >= 4 is 66.4 Å². The predicted molar refractivity (Wildman–Crippen MR) is 259 cm³/mol. The molecule has 0 atom stereocenters. The molecule has 2 fully saturated rings. The van der Waals surface area contributed by atoms with Gasteiger partial charge in [0.1, 0.15) is 0 Å². The monoisotopic (exact) mass is 784 g/mol. The van der Waals surface area contributed by atoms with Gasteiger partial charge in [0.2, 0.25) is 0 Å². The highest BCUT2D eigenvalue weighted by Crippen LogP contribution is 2.51. The standard InChI is InChI=1S/C58H60N2/c1-39(2)53-37-55(59(45-21-13-7-14-22-45)47-29-25-43(26-30-47)41-17-9-5-10-18-41)51-36-34-50-54(40(3)4)38-56(52-35-33-49(53)57(51)58(50)52)60(46-23-15-8-16-24-46)48-31-27-44(28-32-48)42-19-11-6-12-20-42/h7-8,13-16,21-42H,5-6,9-12,17-20H2,1-4H3. The summed E-state index contributed by atoms with van der Waals surface area (Å²) in [5.41, 5.74) is 13.0. The molecule has 0 unspecified atom stereocenters. The van der Waals surface area contributed by atoms with Crippen molar-refractivity contribution in [1.29, 1.82) is 0 Å². The third-order valence-electron chi connectivity index (χ3n) is 14.1. The molecule has 0 radical (unpaired) electrons. The third kappa shape index (κ3) is 7.02. The molecule has 8 aromatic rings. The van der Waals surface area contributed by atoms with E-state index in [1.807, 2.05) is 0 Å². The van der Waals surface area contributed by atoms with Crippen LogP contribution < -0.4 is 9.80 Å². The second-order valence-corrected chi connectivity index (χ2v) is 18.5. The van der Waals surface area contributed by atoms with E-state index in [-0.39, 0.29) is 0 Å². The van der Waals surface area contributed by atoms with Crippen LogP contribution in [0.3, 0.4) is 0 Å². The Morgan fingerprint density at radius 2 is 0.700 bits per heavy atom. The fourth-order valence-electron chi connectivity index (χ4n) is 11.0. The quantitative estimate of drug-likeness (QED) is 0.127. The minimum absolute atomic E-state index is 0.340. The maximum Gasteiger partial charge on any atom is 0.0543 e. The summed E-state index contributed by atoms with van der Waals surface area (Å²) < 4.78 is 0. The first-order chi connectivity index (χ1) is 29.4. The van der Waals surface area contributed by atoms with Crippen LogP contribution in [0.1, 0.15) is 138 Å². The number of hydrogen-bond acceptors (Lipinski definition) is 2. The van der Waals surface area contributed by atoms with Gasteiger partial charge >= 0.3 is 0 Å². The van der Waals surface area contributed by atoms with E-state index < -0.39 is 0 Å². The molecule has 60 heavy (non-hydrogen) atoms. The van der Waals surface area contributed by atoms with Gasteiger partial charge in [-0.25, -0.2) is 0 Å². The summed E-state index contributed by atoms with van der Waals surface area (Å²) in [4.78, 5) is 5.05. The zero-order valence-electron chi connectivity index (χ0n) is 36.1. The summed E-state index contributed by atoms with van der Waals surface area (Å²) in [6.45, 7) is 9.45. The van der Waals surface area contributed by atoms with E-state index in [1.54, 1.807) is 0 Å². The van der Waals surface area contributed by atoms with Gasteiger partial charge in [0, 0.05) is 33.5 Å². The van der Waals surface area contributed by atoms with Crippen molar-refractivity contribution in [3.8, 4) is 0 Å². The van der Waals surface area contributed by atoms with E-state index >= 15 is 0 Å². The normalized spacial score (nSPS) is 15.5. The van der Waals surface area contributed by atoms with Gasteiger partial charge in [0.15, 0.2) is 0 Å². The minimum atomic E-state index is 0.340. The Morgan fingerprint density at radius 1 is 0.367 bits per heavy atom. The van der Waals surface area contributed by atoms with Gasteiger partial charge in [-0.1, -0.05) is 151 Å². The highest BCUT2D eigenvalue weighted by Gasteiger charge is 2.27. The Hall–Kier alpha value is -5.60. The lowest BCUT2D eigenvalue weighted by molar-refractivity contribution is 0.443. The molecule has 8 aromatic carbocycles. The van der Waals surface area contributed by atoms with Crippen molar-refractivity contribution in [2.75, 3.05) is 9.80 Å². The highest BCUT2D eigenvalue weighted by atomic mass is 15.1. The second kappa shape index (κ2) is 16.5. The summed E-state index contributed by atoms with van der Waals surface area (Å²) in [6, 6.07) is 56.0. The molecule has 0 saturated heterocycles. The lowest BCUT2D eigenvalue weighted by atomic mass is 9.83. The first-order valence-corrected chi connectivity index (χ1v) is 23.1. The lowest BCUT2D eigenvalue weighted by Gasteiger charge is -2.32. The molecule has 2 aliphatic carbocycles. The maximum atomic E-state index is 2.52. The summed E-state index contributed by atoms with van der Waals surface area (Å²) in [7, 11) is 0. The Labute approximate surface area is 358 Å². The fourth-order valence-corrected chi connectivity index (χ4v) is 11.0. The third-order valence-corrected chi connectivity index (χ3v) is 14.1. The molecule has 302 valence electrons. The van der Waals surface area contributed by atoms with Crippen LogP contribution in [0.25, 0.3) is 32.3 Å². The van der Waals surface area contributed by atoms with Crippen LogP contribution in [-0.2, 0) is 0 Å². The summed E-state index contributed by atoms with van der Waals surface area (Å²) in [6.07, 6.45) is 13.4. The first-order valence-electron chi connectivity index (χ1n) is 23.1. The Morgan fingerprint density at radius 3 is 1.05 bits per heavy atom. The molecule has 0 bridgehead atoms. The van der Waals surface area contributed by atoms with E-state index in [0.717, 1.165) is 0 Å². The molecular formula is C58H60N2. The lowest BCUT2D eigenvalue weighted by Crippen LogP contribution is -2.13. The van der Waals surface area contributed by atoms with Crippen LogP contribution in [0.15, 0.2) is 146 Å². The second-order valence-electron chi connectivity index (χ2n) is 18.5. The van der Waals surface area contributed by atoms with Crippen molar-refractivity contribution in [2.45, 2.75) is 116 Å². The number of rotatable bonds is 10. The number of hydrogen-bond donors (Lipinski definition) is 0. The molecule has 2 nitrogen and oxygen atoms in total. The van der Waals surface area contributed by atoms with Crippen LogP contribution in [0.4, 0.5) is 34.1 Å². The highest BCUT2D eigenvalue weighted by molar-refractivity contribution is 6.29. The van der Waals surface area contributed by atoms with Gasteiger partial charge in [-0.05, 0) is 154 Å². The van der Waals surface area contributed by atoms with Gasteiger partial charge < -0.3 is 9.80 Å². The maximum absolute atomic E-state index is 2.52. The molecule has 0 aliphatic heterocycles. The first kappa shape index (κ1) is 38.6. The van der Waals surface area contributed by atoms with Gasteiger partial charge in [-0.2, -0.15) is 0 Å². The van der Waals surface area contributed by atoms with E-state index in [9.17, 15) is 0 Å². The van der Waals surface area contributed by atoms with Crippen LogP contribution >= 0.6 is 0 Å². The van der Waals surface area contributed by atoms with Gasteiger partial charge in [0.25, 0.3) is 0 Å². The molecule has 0 aromatic heterocycles. The van der Waals surface area contributed by atoms with Crippen molar-refractivity contribution in [3.05, 3.63) is 168 Å². The van der Waals surface area contributed by atoms with E-state index in [4.69, 9.17) is 0 Å². The predicted octanol–water partition coefficient (Wildman–Crippen LogP) is 17.9.